The van der Waals surface area contributed by atoms with Crippen LogP contribution < -0.4 is 10.1 Å². The molecule has 0 amide bonds. The first-order valence-corrected chi connectivity index (χ1v) is 6.55. The van der Waals surface area contributed by atoms with Crippen LogP contribution in [0, 0.1) is 6.92 Å². The van der Waals surface area contributed by atoms with E-state index in [9.17, 15) is 0 Å². The summed E-state index contributed by atoms with van der Waals surface area (Å²) in [7, 11) is 1.92. The Labute approximate surface area is 118 Å². The molecule has 0 aliphatic rings. The molecule has 19 heavy (non-hydrogen) atoms. The van der Waals surface area contributed by atoms with Gasteiger partial charge in [-0.15, -0.1) is 0 Å². The van der Waals surface area contributed by atoms with Gasteiger partial charge < -0.3 is 10.1 Å². The Morgan fingerprint density at radius 2 is 2.05 bits per heavy atom. The highest BCUT2D eigenvalue weighted by Gasteiger charge is 2.06. The maximum Gasteiger partial charge on any atom is 0.219 e. The van der Waals surface area contributed by atoms with E-state index < -0.39 is 0 Å². The lowest BCUT2D eigenvalue weighted by Crippen LogP contribution is -2.12. The summed E-state index contributed by atoms with van der Waals surface area (Å²) in [6, 6.07) is 9.78. The van der Waals surface area contributed by atoms with Gasteiger partial charge in [-0.3, -0.25) is 0 Å². The zero-order chi connectivity index (χ0) is 13.8. The first-order valence-electron chi connectivity index (χ1n) is 6.17. The molecule has 2 aromatic rings. The van der Waals surface area contributed by atoms with E-state index in [0.717, 1.165) is 11.1 Å². The second-order valence-electron chi connectivity index (χ2n) is 4.48. The van der Waals surface area contributed by atoms with Crippen LogP contribution in [0.2, 0.25) is 5.02 Å². The molecule has 0 aliphatic heterocycles. The molecule has 0 saturated heterocycles. The lowest BCUT2D eigenvalue weighted by molar-refractivity contribution is 0.462. The van der Waals surface area contributed by atoms with E-state index in [-0.39, 0.29) is 6.04 Å². The minimum absolute atomic E-state index is 0.268. The number of nitrogens with zero attached hydrogens (tertiary/aromatic N) is 1. The number of nitrogens with one attached hydrogen (secondary N) is 1. The molecular formula is C15H17ClN2O. The van der Waals surface area contributed by atoms with Crippen LogP contribution in [0.15, 0.2) is 36.5 Å². The number of hydrogen-bond donors (Lipinski definition) is 1. The van der Waals surface area contributed by atoms with Gasteiger partial charge in [0, 0.05) is 18.3 Å². The fourth-order valence-electron chi connectivity index (χ4n) is 1.68. The van der Waals surface area contributed by atoms with E-state index in [1.807, 2.05) is 44.3 Å². The van der Waals surface area contributed by atoms with Gasteiger partial charge >= 0.3 is 0 Å². The van der Waals surface area contributed by atoms with Crippen molar-refractivity contribution in [2.24, 2.45) is 0 Å². The van der Waals surface area contributed by atoms with Crippen LogP contribution in [-0.4, -0.2) is 12.0 Å². The van der Waals surface area contributed by atoms with Gasteiger partial charge in [-0.1, -0.05) is 23.7 Å². The van der Waals surface area contributed by atoms with Crippen LogP contribution >= 0.6 is 11.6 Å². The van der Waals surface area contributed by atoms with Gasteiger partial charge in [-0.25, -0.2) is 4.98 Å². The summed E-state index contributed by atoms with van der Waals surface area (Å²) in [6.07, 6.45) is 1.80. The molecule has 4 heteroatoms. The third kappa shape index (κ3) is 3.46. The number of aromatic nitrogens is 1. The summed E-state index contributed by atoms with van der Waals surface area (Å²) in [4.78, 5) is 4.29. The van der Waals surface area contributed by atoms with Gasteiger partial charge in [-0.05, 0) is 44.2 Å². The third-order valence-corrected chi connectivity index (χ3v) is 3.29. The lowest BCUT2D eigenvalue weighted by Gasteiger charge is -2.11. The summed E-state index contributed by atoms with van der Waals surface area (Å²) in [6.45, 7) is 4.07. The predicted molar refractivity (Wildman–Crippen MR) is 78.0 cm³/mol. The van der Waals surface area contributed by atoms with E-state index in [1.165, 1.54) is 0 Å². The summed E-state index contributed by atoms with van der Waals surface area (Å²) in [5, 5.41) is 3.76. The third-order valence-electron chi connectivity index (χ3n) is 2.99. The molecule has 2 rings (SSSR count). The molecule has 1 N–H and O–H groups in total. The number of ether oxygens (including phenoxy) is 1. The van der Waals surface area contributed by atoms with Crippen molar-refractivity contribution in [3.63, 3.8) is 0 Å². The van der Waals surface area contributed by atoms with Crippen molar-refractivity contribution >= 4 is 11.6 Å². The largest absolute Gasteiger partial charge is 0.437 e. The minimum atomic E-state index is 0.268. The van der Waals surface area contributed by atoms with Crippen LogP contribution in [0.4, 0.5) is 0 Å². The highest BCUT2D eigenvalue weighted by atomic mass is 35.5. The number of pyridine rings is 1. The fraction of sp³-hybridized carbons (Fsp3) is 0.267. The van der Waals surface area contributed by atoms with Crippen molar-refractivity contribution in [1.82, 2.24) is 10.3 Å². The average Bonchev–Trinajstić information content (AvgIpc) is 2.42. The van der Waals surface area contributed by atoms with Gasteiger partial charge in [0.1, 0.15) is 5.75 Å². The topological polar surface area (TPSA) is 34.1 Å². The first-order chi connectivity index (χ1) is 9.10. The summed E-state index contributed by atoms with van der Waals surface area (Å²) in [5.41, 5.74) is 2.22. The number of benzene rings is 1. The van der Waals surface area contributed by atoms with E-state index in [1.54, 1.807) is 6.20 Å². The van der Waals surface area contributed by atoms with Crippen molar-refractivity contribution in [2.75, 3.05) is 7.05 Å². The molecule has 0 spiro atoms. The molecular weight excluding hydrogens is 260 g/mol. The minimum Gasteiger partial charge on any atom is -0.437 e. The van der Waals surface area contributed by atoms with E-state index in [4.69, 9.17) is 16.3 Å². The Morgan fingerprint density at radius 3 is 2.63 bits per heavy atom. The standard InChI is InChI=1S/C15H17ClN2O/c1-10-4-6-14(13(16)8-10)19-15-7-5-12(9-18-15)11(2)17-3/h4-9,11,17H,1-3H3. The molecule has 1 heterocycles. The van der Waals surface area contributed by atoms with Crippen LogP contribution in [0.3, 0.4) is 0 Å². The van der Waals surface area contributed by atoms with Gasteiger partial charge in [0.05, 0.1) is 5.02 Å². The summed E-state index contributed by atoms with van der Waals surface area (Å²) in [5.74, 6) is 1.16. The molecule has 0 bridgehead atoms. The normalized spacial score (nSPS) is 12.2. The van der Waals surface area contributed by atoms with Crippen LogP contribution in [0.1, 0.15) is 24.1 Å². The second-order valence-corrected chi connectivity index (χ2v) is 4.88. The van der Waals surface area contributed by atoms with Crippen molar-refractivity contribution in [1.29, 1.82) is 0 Å². The molecule has 0 fully saturated rings. The number of hydrogen-bond acceptors (Lipinski definition) is 3. The Kier molecular flexibility index (Phi) is 4.40. The smallest absolute Gasteiger partial charge is 0.219 e. The molecule has 100 valence electrons. The predicted octanol–water partition coefficient (Wildman–Crippen LogP) is 4.12. The molecule has 1 atom stereocenters. The lowest BCUT2D eigenvalue weighted by atomic mass is 10.1. The van der Waals surface area contributed by atoms with Crippen LogP contribution in [0.25, 0.3) is 0 Å². The molecule has 3 nitrogen and oxygen atoms in total. The second kappa shape index (κ2) is 6.04. The molecule has 1 aromatic heterocycles. The van der Waals surface area contributed by atoms with E-state index in [2.05, 4.69) is 17.2 Å². The highest BCUT2D eigenvalue weighted by molar-refractivity contribution is 6.32. The monoisotopic (exact) mass is 276 g/mol. The van der Waals surface area contributed by atoms with Gasteiger partial charge in [-0.2, -0.15) is 0 Å². The SMILES string of the molecule is CNC(C)c1ccc(Oc2ccc(C)cc2Cl)nc1. The molecule has 0 aliphatic carbocycles. The zero-order valence-electron chi connectivity index (χ0n) is 11.3. The number of aryl methyl sites for hydroxylation is 1. The first kappa shape index (κ1) is 13.8. The Hall–Kier alpha value is -1.58. The zero-order valence-corrected chi connectivity index (χ0v) is 12.0. The molecule has 0 saturated carbocycles. The number of rotatable bonds is 4. The Bertz CT molecular complexity index is 555. The van der Waals surface area contributed by atoms with Gasteiger partial charge in [0.25, 0.3) is 0 Å². The van der Waals surface area contributed by atoms with Crippen molar-refractivity contribution in [2.45, 2.75) is 19.9 Å². The maximum absolute atomic E-state index is 6.12. The summed E-state index contributed by atoms with van der Waals surface area (Å²) >= 11 is 6.12. The van der Waals surface area contributed by atoms with Crippen molar-refractivity contribution in [3.05, 3.63) is 52.7 Å². The maximum atomic E-state index is 6.12. The van der Waals surface area contributed by atoms with Crippen molar-refractivity contribution in [3.8, 4) is 11.6 Å². The Balaban J connectivity index is 2.15. The summed E-state index contributed by atoms with van der Waals surface area (Å²) < 4.78 is 5.67. The average molecular weight is 277 g/mol. The van der Waals surface area contributed by atoms with E-state index >= 15 is 0 Å². The van der Waals surface area contributed by atoms with Crippen LogP contribution in [0.5, 0.6) is 11.6 Å². The number of halogens is 1. The van der Waals surface area contributed by atoms with Gasteiger partial charge in [0.15, 0.2) is 0 Å². The van der Waals surface area contributed by atoms with E-state index in [0.29, 0.717) is 16.7 Å². The molecule has 1 unspecified atom stereocenters. The quantitative estimate of drug-likeness (QED) is 0.912. The van der Waals surface area contributed by atoms with Crippen LogP contribution in [-0.2, 0) is 0 Å². The molecule has 0 radical (unpaired) electrons. The van der Waals surface area contributed by atoms with Gasteiger partial charge in [0.2, 0.25) is 5.88 Å². The molecule has 1 aromatic carbocycles. The van der Waals surface area contributed by atoms with Crippen molar-refractivity contribution < 1.29 is 4.74 Å². The Morgan fingerprint density at radius 1 is 1.26 bits per heavy atom. The highest BCUT2D eigenvalue weighted by Crippen LogP contribution is 2.29. The fourth-order valence-corrected chi connectivity index (χ4v) is 1.95.